The first-order valence-electron chi connectivity index (χ1n) is 9.60. The van der Waals surface area contributed by atoms with Gasteiger partial charge in [-0.1, -0.05) is 19.1 Å². The quantitative estimate of drug-likeness (QED) is 0.460. The summed E-state index contributed by atoms with van der Waals surface area (Å²) < 4.78 is 16.3. The number of methoxy groups -OCH3 is 1. The maximum Gasteiger partial charge on any atom is 0.257 e. The zero-order chi connectivity index (χ0) is 21.1. The van der Waals surface area contributed by atoms with Gasteiger partial charge in [0.05, 0.1) is 13.7 Å². The van der Waals surface area contributed by atoms with Crippen molar-refractivity contribution in [3.8, 4) is 17.2 Å². The Morgan fingerprint density at radius 1 is 1.00 bits per heavy atom. The van der Waals surface area contributed by atoms with Crippen molar-refractivity contribution in [3.05, 3.63) is 59.7 Å². The van der Waals surface area contributed by atoms with E-state index in [1.165, 1.54) is 13.2 Å². The smallest absolute Gasteiger partial charge is 0.257 e. The van der Waals surface area contributed by atoms with Gasteiger partial charge in [0.2, 0.25) is 0 Å². The van der Waals surface area contributed by atoms with Crippen LogP contribution in [-0.2, 0) is 4.79 Å². The van der Waals surface area contributed by atoms with Gasteiger partial charge in [-0.15, -0.1) is 0 Å². The SMILES string of the molecule is CCCOc1ccc(C(=O)/C=C/c2ccc(OCC(=O)NCC)c(OC)c2)cc1. The summed E-state index contributed by atoms with van der Waals surface area (Å²) in [6, 6.07) is 12.3. The van der Waals surface area contributed by atoms with E-state index >= 15 is 0 Å². The lowest BCUT2D eigenvalue weighted by atomic mass is 10.1. The monoisotopic (exact) mass is 397 g/mol. The number of ether oxygens (including phenoxy) is 3. The zero-order valence-electron chi connectivity index (χ0n) is 17.1. The Kier molecular flexibility index (Phi) is 8.76. The average Bonchev–Trinajstić information content (AvgIpc) is 2.75. The van der Waals surface area contributed by atoms with Gasteiger partial charge < -0.3 is 19.5 Å². The van der Waals surface area contributed by atoms with E-state index in [1.54, 1.807) is 48.5 Å². The number of carbonyl (C=O) groups is 2. The highest BCUT2D eigenvalue weighted by atomic mass is 16.5. The van der Waals surface area contributed by atoms with Gasteiger partial charge in [0.1, 0.15) is 5.75 Å². The predicted molar refractivity (Wildman–Crippen MR) is 113 cm³/mol. The minimum Gasteiger partial charge on any atom is -0.494 e. The summed E-state index contributed by atoms with van der Waals surface area (Å²) in [4.78, 5) is 23.9. The van der Waals surface area contributed by atoms with E-state index < -0.39 is 0 Å². The van der Waals surface area contributed by atoms with E-state index in [0.717, 1.165) is 17.7 Å². The van der Waals surface area contributed by atoms with Crippen molar-refractivity contribution in [2.24, 2.45) is 0 Å². The van der Waals surface area contributed by atoms with Crippen LogP contribution in [0.4, 0.5) is 0 Å². The molecule has 0 aliphatic heterocycles. The molecule has 6 nitrogen and oxygen atoms in total. The standard InChI is InChI=1S/C23H27NO5/c1-4-14-28-19-10-8-18(9-11-19)20(25)12-6-17-7-13-21(22(15-17)27-3)29-16-23(26)24-5-2/h6-13,15H,4-5,14,16H2,1-3H3,(H,24,26)/b12-6+. The Labute approximate surface area is 171 Å². The van der Waals surface area contributed by atoms with Gasteiger partial charge in [0.25, 0.3) is 5.91 Å². The lowest BCUT2D eigenvalue weighted by molar-refractivity contribution is -0.123. The second-order valence-corrected chi connectivity index (χ2v) is 6.22. The number of rotatable bonds is 11. The molecule has 0 radical (unpaired) electrons. The Morgan fingerprint density at radius 3 is 2.41 bits per heavy atom. The first-order chi connectivity index (χ1) is 14.1. The third kappa shape index (κ3) is 6.99. The maximum absolute atomic E-state index is 12.4. The highest BCUT2D eigenvalue weighted by molar-refractivity contribution is 6.06. The Balaban J connectivity index is 2.02. The number of likely N-dealkylation sites (N-methyl/N-ethyl adjacent to an activating group) is 1. The van der Waals surface area contributed by atoms with Crippen molar-refractivity contribution in [1.29, 1.82) is 0 Å². The van der Waals surface area contributed by atoms with Crippen molar-refractivity contribution in [2.45, 2.75) is 20.3 Å². The number of amides is 1. The van der Waals surface area contributed by atoms with Crippen molar-refractivity contribution >= 4 is 17.8 Å². The summed E-state index contributed by atoms with van der Waals surface area (Å²) >= 11 is 0. The molecule has 1 amide bonds. The van der Waals surface area contributed by atoms with Crippen molar-refractivity contribution in [3.63, 3.8) is 0 Å². The van der Waals surface area contributed by atoms with E-state index in [-0.39, 0.29) is 18.3 Å². The summed E-state index contributed by atoms with van der Waals surface area (Å²) in [6.45, 7) is 4.99. The van der Waals surface area contributed by atoms with Crippen LogP contribution in [0.15, 0.2) is 48.5 Å². The molecule has 2 aromatic carbocycles. The van der Waals surface area contributed by atoms with Crippen LogP contribution < -0.4 is 19.5 Å². The molecule has 0 saturated heterocycles. The molecule has 29 heavy (non-hydrogen) atoms. The summed E-state index contributed by atoms with van der Waals surface area (Å²) in [5, 5.41) is 2.67. The van der Waals surface area contributed by atoms with Gasteiger partial charge in [0, 0.05) is 12.1 Å². The highest BCUT2D eigenvalue weighted by Crippen LogP contribution is 2.28. The molecule has 6 heteroatoms. The van der Waals surface area contributed by atoms with Gasteiger partial charge in [0.15, 0.2) is 23.9 Å². The molecular weight excluding hydrogens is 370 g/mol. The van der Waals surface area contributed by atoms with Crippen LogP contribution in [0.3, 0.4) is 0 Å². The second kappa shape index (κ2) is 11.5. The first kappa shape index (κ1) is 22.0. The van der Waals surface area contributed by atoms with Gasteiger partial charge in [-0.05, 0) is 61.4 Å². The van der Waals surface area contributed by atoms with Gasteiger partial charge in [-0.25, -0.2) is 0 Å². The molecule has 0 saturated carbocycles. The van der Waals surface area contributed by atoms with E-state index in [9.17, 15) is 9.59 Å². The lowest BCUT2D eigenvalue weighted by Crippen LogP contribution is -2.28. The largest absolute Gasteiger partial charge is 0.494 e. The predicted octanol–water partition coefficient (Wildman–Crippen LogP) is 3.90. The molecule has 154 valence electrons. The maximum atomic E-state index is 12.4. The summed E-state index contributed by atoms with van der Waals surface area (Å²) in [7, 11) is 1.52. The van der Waals surface area contributed by atoms with E-state index in [4.69, 9.17) is 14.2 Å². The van der Waals surface area contributed by atoms with Gasteiger partial charge in [-0.3, -0.25) is 9.59 Å². The highest BCUT2D eigenvalue weighted by Gasteiger charge is 2.08. The average molecular weight is 397 g/mol. The van der Waals surface area contributed by atoms with Crippen molar-refractivity contribution < 1.29 is 23.8 Å². The zero-order valence-corrected chi connectivity index (χ0v) is 17.1. The van der Waals surface area contributed by atoms with Gasteiger partial charge in [-0.2, -0.15) is 0 Å². The fraction of sp³-hybridized carbons (Fsp3) is 0.304. The molecule has 1 N–H and O–H groups in total. The fourth-order valence-corrected chi connectivity index (χ4v) is 2.50. The second-order valence-electron chi connectivity index (χ2n) is 6.22. The van der Waals surface area contributed by atoms with Crippen LogP contribution in [-0.4, -0.2) is 38.6 Å². The number of carbonyl (C=O) groups excluding carboxylic acids is 2. The van der Waals surface area contributed by atoms with E-state index in [2.05, 4.69) is 5.32 Å². The van der Waals surface area contributed by atoms with Crippen LogP contribution in [0.25, 0.3) is 6.08 Å². The molecule has 0 unspecified atom stereocenters. The lowest BCUT2D eigenvalue weighted by Gasteiger charge is -2.11. The number of benzene rings is 2. The van der Waals surface area contributed by atoms with E-state index in [1.807, 2.05) is 13.8 Å². The molecule has 0 spiro atoms. The van der Waals surface area contributed by atoms with Crippen LogP contribution in [0.1, 0.15) is 36.2 Å². The summed E-state index contributed by atoms with van der Waals surface area (Å²) in [6.07, 6.45) is 4.15. The third-order valence-electron chi connectivity index (χ3n) is 3.96. The summed E-state index contributed by atoms with van der Waals surface area (Å²) in [5.74, 6) is 1.39. The van der Waals surface area contributed by atoms with Crippen molar-refractivity contribution in [2.75, 3.05) is 26.9 Å². The molecule has 0 bridgehead atoms. The van der Waals surface area contributed by atoms with Gasteiger partial charge >= 0.3 is 0 Å². The Bertz CT molecular complexity index is 843. The molecule has 0 aliphatic rings. The first-order valence-corrected chi connectivity index (χ1v) is 9.60. The molecule has 0 aliphatic carbocycles. The van der Waals surface area contributed by atoms with Crippen molar-refractivity contribution in [1.82, 2.24) is 5.32 Å². The molecule has 2 aromatic rings. The number of allylic oxidation sites excluding steroid dienone is 1. The molecule has 0 aromatic heterocycles. The van der Waals surface area contributed by atoms with Crippen LogP contribution >= 0.6 is 0 Å². The third-order valence-corrected chi connectivity index (χ3v) is 3.96. The number of nitrogens with one attached hydrogen (secondary N) is 1. The summed E-state index contributed by atoms with van der Waals surface area (Å²) in [5.41, 5.74) is 1.36. The number of ketones is 1. The minimum absolute atomic E-state index is 0.0875. The number of hydrogen-bond acceptors (Lipinski definition) is 5. The Morgan fingerprint density at radius 2 is 1.76 bits per heavy atom. The minimum atomic E-state index is -0.199. The number of hydrogen-bond donors (Lipinski definition) is 1. The molecule has 0 atom stereocenters. The molecular formula is C23H27NO5. The topological polar surface area (TPSA) is 73.9 Å². The normalized spacial score (nSPS) is 10.6. The van der Waals surface area contributed by atoms with Crippen LogP contribution in [0, 0.1) is 0 Å². The van der Waals surface area contributed by atoms with E-state index in [0.29, 0.717) is 30.2 Å². The molecule has 0 fully saturated rings. The fourth-order valence-electron chi connectivity index (χ4n) is 2.50. The molecule has 0 heterocycles. The van der Waals surface area contributed by atoms with Crippen LogP contribution in [0.5, 0.6) is 17.2 Å². The molecule has 2 rings (SSSR count). The Hall–Kier alpha value is -3.28. The van der Waals surface area contributed by atoms with Crippen LogP contribution in [0.2, 0.25) is 0 Å².